The minimum absolute atomic E-state index is 0.269. The fourth-order valence-corrected chi connectivity index (χ4v) is 3.01. The molecule has 0 heterocycles. The second-order valence-corrected chi connectivity index (χ2v) is 5.56. The highest BCUT2D eigenvalue weighted by Gasteiger charge is 2.17. The van der Waals surface area contributed by atoms with E-state index >= 15 is 0 Å². The second-order valence-electron chi connectivity index (χ2n) is 5.56. The number of hydrogen-bond acceptors (Lipinski definition) is 3. The molecule has 0 unspecified atom stereocenters. The standard InChI is InChI=1S/C18H20O3/c1-20-18(19)17-12-15(21-14-8-3-2-4-9-14)11-13-7-5-6-10-16(13)17/h5-7,10-12,14H,2-4,8-9H2,1H3. The molecule has 0 spiro atoms. The van der Waals surface area contributed by atoms with Crippen LogP contribution in [0.1, 0.15) is 42.5 Å². The predicted molar refractivity (Wildman–Crippen MR) is 82.8 cm³/mol. The number of methoxy groups -OCH3 is 1. The zero-order valence-electron chi connectivity index (χ0n) is 12.3. The topological polar surface area (TPSA) is 35.5 Å². The van der Waals surface area contributed by atoms with Crippen molar-refractivity contribution in [3.8, 4) is 5.75 Å². The molecule has 0 bridgehead atoms. The van der Waals surface area contributed by atoms with Crippen LogP contribution in [0.3, 0.4) is 0 Å². The molecule has 0 radical (unpaired) electrons. The minimum atomic E-state index is -0.319. The molecule has 1 aliphatic rings. The first-order valence-electron chi connectivity index (χ1n) is 7.55. The maximum absolute atomic E-state index is 12.0. The summed E-state index contributed by atoms with van der Waals surface area (Å²) in [6.45, 7) is 0. The lowest BCUT2D eigenvalue weighted by molar-refractivity contribution is 0.0602. The average Bonchev–Trinajstić information content (AvgIpc) is 2.54. The summed E-state index contributed by atoms with van der Waals surface area (Å²) in [5.41, 5.74) is 0.571. The minimum Gasteiger partial charge on any atom is -0.490 e. The number of ether oxygens (including phenoxy) is 2. The monoisotopic (exact) mass is 284 g/mol. The molecule has 1 fully saturated rings. The highest BCUT2D eigenvalue weighted by molar-refractivity contribution is 6.05. The van der Waals surface area contributed by atoms with Gasteiger partial charge in [0, 0.05) is 0 Å². The lowest BCUT2D eigenvalue weighted by Crippen LogP contribution is -2.19. The molecule has 2 aromatic rings. The number of carbonyl (C=O) groups is 1. The van der Waals surface area contributed by atoms with Gasteiger partial charge in [0.25, 0.3) is 0 Å². The van der Waals surface area contributed by atoms with Gasteiger partial charge in [-0.15, -0.1) is 0 Å². The summed E-state index contributed by atoms with van der Waals surface area (Å²) in [4.78, 5) is 12.0. The Morgan fingerprint density at radius 3 is 2.62 bits per heavy atom. The van der Waals surface area contributed by atoms with Gasteiger partial charge >= 0.3 is 5.97 Å². The Morgan fingerprint density at radius 2 is 1.86 bits per heavy atom. The Balaban J connectivity index is 1.97. The van der Waals surface area contributed by atoms with Crippen LogP contribution in [0.15, 0.2) is 36.4 Å². The van der Waals surface area contributed by atoms with Gasteiger partial charge in [0.2, 0.25) is 0 Å². The molecular formula is C18H20O3. The lowest BCUT2D eigenvalue weighted by atomic mass is 9.97. The Morgan fingerprint density at radius 1 is 1.10 bits per heavy atom. The molecule has 0 atom stereocenters. The average molecular weight is 284 g/mol. The van der Waals surface area contributed by atoms with Crippen molar-refractivity contribution in [1.29, 1.82) is 0 Å². The summed E-state index contributed by atoms with van der Waals surface area (Å²) in [5, 5.41) is 1.91. The number of benzene rings is 2. The van der Waals surface area contributed by atoms with Crippen molar-refractivity contribution in [1.82, 2.24) is 0 Å². The molecule has 21 heavy (non-hydrogen) atoms. The van der Waals surface area contributed by atoms with Crippen LogP contribution in [-0.4, -0.2) is 19.2 Å². The van der Waals surface area contributed by atoms with Crippen molar-refractivity contribution in [2.75, 3.05) is 7.11 Å². The zero-order valence-corrected chi connectivity index (χ0v) is 12.3. The Labute approximate surface area is 124 Å². The summed E-state index contributed by atoms with van der Waals surface area (Å²) in [7, 11) is 1.41. The number of hydrogen-bond donors (Lipinski definition) is 0. The largest absolute Gasteiger partial charge is 0.490 e. The molecule has 110 valence electrons. The fraction of sp³-hybridized carbons (Fsp3) is 0.389. The Bertz CT molecular complexity index is 642. The molecule has 3 rings (SSSR count). The van der Waals surface area contributed by atoms with Gasteiger partial charge in [-0.05, 0) is 48.6 Å². The fourth-order valence-electron chi connectivity index (χ4n) is 3.01. The van der Waals surface area contributed by atoms with E-state index < -0.39 is 0 Å². The SMILES string of the molecule is COC(=O)c1cc(OC2CCCCC2)cc2ccccc12. The van der Waals surface area contributed by atoms with Gasteiger partial charge in [-0.3, -0.25) is 0 Å². The number of rotatable bonds is 3. The van der Waals surface area contributed by atoms with Gasteiger partial charge in [0.05, 0.1) is 18.8 Å². The van der Waals surface area contributed by atoms with Gasteiger partial charge in [-0.2, -0.15) is 0 Å². The van der Waals surface area contributed by atoms with E-state index in [9.17, 15) is 4.79 Å². The molecule has 1 saturated carbocycles. The van der Waals surface area contributed by atoms with E-state index in [-0.39, 0.29) is 12.1 Å². The summed E-state index contributed by atoms with van der Waals surface area (Å²) >= 11 is 0. The van der Waals surface area contributed by atoms with Crippen molar-refractivity contribution in [3.63, 3.8) is 0 Å². The first kappa shape index (κ1) is 13.9. The van der Waals surface area contributed by atoms with E-state index in [0.717, 1.165) is 29.4 Å². The third-order valence-electron chi connectivity index (χ3n) is 4.10. The summed E-state index contributed by atoms with van der Waals surface area (Å²) in [6, 6.07) is 11.6. The van der Waals surface area contributed by atoms with Crippen molar-refractivity contribution in [2.24, 2.45) is 0 Å². The maximum Gasteiger partial charge on any atom is 0.338 e. The van der Waals surface area contributed by atoms with Gasteiger partial charge in [-0.1, -0.05) is 30.7 Å². The predicted octanol–water partition coefficient (Wildman–Crippen LogP) is 4.34. The zero-order chi connectivity index (χ0) is 14.7. The molecule has 0 N–H and O–H groups in total. The molecule has 0 aliphatic heterocycles. The van der Waals surface area contributed by atoms with Crippen LogP contribution < -0.4 is 4.74 Å². The number of fused-ring (bicyclic) bond motifs is 1. The number of esters is 1. The molecule has 2 aromatic carbocycles. The summed E-state index contributed by atoms with van der Waals surface area (Å²) in [5.74, 6) is 0.446. The van der Waals surface area contributed by atoms with Crippen LogP contribution >= 0.6 is 0 Å². The molecule has 0 aromatic heterocycles. The van der Waals surface area contributed by atoms with Crippen LogP contribution in [0.5, 0.6) is 5.75 Å². The summed E-state index contributed by atoms with van der Waals surface area (Å²) < 4.78 is 11.0. The van der Waals surface area contributed by atoms with E-state index in [4.69, 9.17) is 9.47 Å². The van der Waals surface area contributed by atoms with E-state index in [1.807, 2.05) is 36.4 Å². The van der Waals surface area contributed by atoms with Crippen LogP contribution in [0.2, 0.25) is 0 Å². The van der Waals surface area contributed by atoms with Gasteiger partial charge < -0.3 is 9.47 Å². The molecule has 0 saturated heterocycles. The molecule has 3 heteroatoms. The highest BCUT2D eigenvalue weighted by Crippen LogP contribution is 2.29. The van der Waals surface area contributed by atoms with Crippen LogP contribution in [0.4, 0.5) is 0 Å². The quantitative estimate of drug-likeness (QED) is 0.787. The third-order valence-corrected chi connectivity index (χ3v) is 4.10. The summed E-state index contributed by atoms with van der Waals surface area (Å²) in [6.07, 6.45) is 6.21. The first-order chi connectivity index (χ1) is 10.3. The van der Waals surface area contributed by atoms with Crippen molar-refractivity contribution < 1.29 is 14.3 Å². The Hall–Kier alpha value is -2.03. The van der Waals surface area contributed by atoms with Crippen LogP contribution in [0, 0.1) is 0 Å². The number of carbonyl (C=O) groups excluding carboxylic acids is 1. The molecule has 1 aliphatic carbocycles. The van der Waals surface area contributed by atoms with Gasteiger partial charge in [-0.25, -0.2) is 4.79 Å². The maximum atomic E-state index is 12.0. The normalized spacial score (nSPS) is 15.9. The highest BCUT2D eigenvalue weighted by atomic mass is 16.5. The smallest absolute Gasteiger partial charge is 0.338 e. The van der Waals surface area contributed by atoms with Crippen molar-refractivity contribution >= 4 is 16.7 Å². The second kappa shape index (κ2) is 6.17. The molecular weight excluding hydrogens is 264 g/mol. The van der Waals surface area contributed by atoms with E-state index in [1.54, 1.807) is 0 Å². The van der Waals surface area contributed by atoms with Crippen molar-refractivity contribution in [3.05, 3.63) is 42.0 Å². The lowest BCUT2D eigenvalue weighted by Gasteiger charge is -2.23. The third kappa shape index (κ3) is 3.02. The van der Waals surface area contributed by atoms with Gasteiger partial charge in [0.1, 0.15) is 5.75 Å². The Kier molecular flexibility index (Phi) is 4.09. The van der Waals surface area contributed by atoms with Gasteiger partial charge in [0.15, 0.2) is 0 Å². The molecule has 0 amide bonds. The van der Waals surface area contributed by atoms with Crippen molar-refractivity contribution in [2.45, 2.75) is 38.2 Å². The van der Waals surface area contributed by atoms with Crippen LogP contribution in [-0.2, 0) is 4.74 Å². The van der Waals surface area contributed by atoms with E-state index in [2.05, 4.69) is 0 Å². The van der Waals surface area contributed by atoms with E-state index in [0.29, 0.717) is 5.56 Å². The van der Waals surface area contributed by atoms with Crippen LogP contribution in [0.25, 0.3) is 10.8 Å². The molecule has 3 nitrogen and oxygen atoms in total. The van der Waals surface area contributed by atoms with E-state index in [1.165, 1.54) is 26.4 Å². The first-order valence-corrected chi connectivity index (χ1v) is 7.55.